The fourth-order valence-corrected chi connectivity index (χ4v) is 3.42. The summed E-state index contributed by atoms with van der Waals surface area (Å²) in [6.07, 6.45) is 7.08. The molecule has 0 N–H and O–H groups in total. The molecule has 0 aliphatic rings. The van der Waals surface area contributed by atoms with Crippen LogP contribution in [0.3, 0.4) is 0 Å². The van der Waals surface area contributed by atoms with Gasteiger partial charge in [0.25, 0.3) is 0 Å². The smallest absolute Gasteiger partial charge is 0.416 e. The average molecular weight is 477 g/mol. The molecule has 0 spiro atoms. The van der Waals surface area contributed by atoms with Gasteiger partial charge >= 0.3 is 18.1 Å². The van der Waals surface area contributed by atoms with E-state index in [9.17, 15) is 27.2 Å². The van der Waals surface area contributed by atoms with Gasteiger partial charge in [0.15, 0.2) is 0 Å². The van der Waals surface area contributed by atoms with Crippen molar-refractivity contribution < 1.29 is 36.6 Å². The van der Waals surface area contributed by atoms with Crippen LogP contribution >= 0.6 is 0 Å². The van der Waals surface area contributed by atoms with Crippen molar-refractivity contribution in [2.45, 2.75) is 103 Å². The van der Waals surface area contributed by atoms with Gasteiger partial charge in [0.2, 0.25) is 0 Å². The zero-order valence-electron chi connectivity index (χ0n) is 19.5. The standard InChI is InChI=1S/C25H36F4O4/c1-2-3-4-5-6-7-8-9-10-11-18-32-23(30)16-13-17-24(31)33-19-20-21(25(27,28)29)14-12-15-22(20)26/h12,14-15H,2-11,13,16-19H2,1H3. The summed E-state index contributed by atoms with van der Waals surface area (Å²) in [4.78, 5) is 23.5. The molecule has 1 aromatic carbocycles. The van der Waals surface area contributed by atoms with E-state index in [0.717, 1.165) is 37.5 Å². The van der Waals surface area contributed by atoms with Gasteiger partial charge in [0, 0.05) is 18.4 Å². The largest absolute Gasteiger partial charge is 0.466 e. The molecule has 0 saturated carbocycles. The fraction of sp³-hybridized carbons (Fsp3) is 0.680. The van der Waals surface area contributed by atoms with Crippen LogP contribution in [-0.2, 0) is 31.8 Å². The van der Waals surface area contributed by atoms with E-state index in [1.807, 2.05) is 0 Å². The first-order valence-electron chi connectivity index (χ1n) is 11.9. The van der Waals surface area contributed by atoms with Crippen LogP contribution in [0.1, 0.15) is 102 Å². The first-order valence-corrected chi connectivity index (χ1v) is 11.9. The summed E-state index contributed by atoms with van der Waals surface area (Å²) in [5, 5.41) is 0. The molecule has 0 aliphatic carbocycles. The van der Waals surface area contributed by atoms with Gasteiger partial charge in [-0.25, -0.2) is 4.39 Å². The van der Waals surface area contributed by atoms with E-state index >= 15 is 0 Å². The molecule has 1 aromatic rings. The quantitative estimate of drug-likeness (QED) is 0.133. The van der Waals surface area contributed by atoms with Gasteiger partial charge in [0.1, 0.15) is 12.4 Å². The Morgan fingerprint density at radius 2 is 1.33 bits per heavy atom. The zero-order chi connectivity index (χ0) is 24.5. The lowest BCUT2D eigenvalue weighted by Gasteiger charge is -2.13. The van der Waals surface area contributed by atoms with Crippen molar-refractivity contribution in [3.63, 3.8) is 0 Å². The summed E-state index contributed by atoms with van der Waals surface area (Å²) in [7, 11) is 0. The van der Waals surface area contributed by atoms with Gasteiger partial charge < -0.3 is 9.47 Å². The van der Waals surface area contributed by atoms with Crippen LogP contribution in [-0.4, -0.2) is 18.5 Å². The minimum atomic E-state index is -4.75. The molecule has 0 radical (unpaired) electrons. The molecule has 8 heteroatoms. The Balaban J connectivity index is 2.10. The van der Waals surface area contributed by atoms with Gasteiger partial charge in [-0.2, -0.15) is 13.2 Å². The van der Waals surface area contributed by atoms with E-state index in [4.69, 9.17) is 9.47 Å². The molecule has 0 fully saturated rings. The lowest BCUT2D eigenvalue weighted by molar-refractivity contribution is -0.148. The Kier molecular flexibility index (Phi) is 14.4. The van der Waals surface area contributed by atoms with Crippen molar-refractivity contribution in [2.75, 3.05) is 6.61 Å². The second kappa shape index (κ2) is 16.5. The first kappa shape index (κ1) is 28.9. The highest BCUT2D eigenvalue weighted by Gasteiger charge is 2.34. The number of carbonyl (C=O) groups excluding carboxylic acids is 2. The number of carbonyl (C=O) groups is 2. The van der Waals surface area contributed by atoms with Gasteiger partial charge in [-0.15, -0.1) is 0 Å². The van der Waals surface area contributed by atoms with Crippen LogP contribution in [0.2, 0.25) is 0 Å². The van der Waals surface area contributed by atoms with Crippen molar-refractivity contribution in [3.05, 3.63) is 35.1 Å². The van der Waals surface area contributed by atoms with E-state index in [0.29, 0.717) is 6.61 Å². The van der Waals surface area contributed by atoms with Crippen LogP contribution in [0.4, 0.5) is 17.6 Å². The Labute approximate surface area is 194 Å². The summed E-state index contributed by atoms with van der Waals surface area (Å²) in [5.41, 5.74) is -1.89. The molecule has 1 rings (SSSR count). The van der Waals surface area contributed by atoms with E-state index in [1.165, 1.54) is 44.9 Å². The van der Waals surface area contributed by atoms with Crippen molar-refractivity contribution in [3.8, 4) is 0 Å². The molecular formula is C25H36F4O4. The summed E-state index contributed by atoms with van der Waals surface area (Å²) >= 11 is 0. The van der Waals surface area contributed by atoms with Crippen LogP contribution in [0.5, 0.6) is 0 Å². The highest BCUT2D eigenvalue weighted by Crippen LogP contribution is 2.33. The second-order valence-corrected chi connectivity index (χ2v) is 8.18. The van der Waals surface area contributed by atoms with Gasteiger partial charge in [-0.05, 0) is 25.0 Å². The second-order valence-electron chi connectivity index (χ2n) is 8.18. The topological polar surface area (TPSA) is 52.6 Å². The molecule has 33 heavy (non-hydrogen) atoms. The molecule has 0 aromatic heterocycles. The highest BCUT2D eigenvalue weighted by atomic mass is 19.4. The number of hydrogen-bond acceptors (Lipinski definition) is 4. The van der Waals surface area contributed by atoms with E-state index in [-0.39, 0.29) is 19.3 Å². The molecule has 0 atom stereocenters. The van der Waals surface area contributed by atoms with Crippen LogP contribution < -0.4 is 0 Å². The third kappa shape index (κ3) is 13.2. The Hall–Kier alpha value is -2.12. The third-order valence-corrected chi connectivity index (χ3v) is 5.32. The number of ether oxygens (including phenoxy) is 2. The normalized spacial score (nSPS) is 11.4. The minimum absolute atomic E-state index is 0.0142. The maximum atomic E-state index is 13.7. The van der Waals surface area contributed by atoms with Gasteiger partial charge in [-0.1, -0.05) is 70.8 Å². The third-order valence-electron chi connectivity index (χ3n) is 5.32. The van der Waals surface area contributed by atoms with Crippen LogP contribution in [0.15, 0.2) is 18.2 Å². The average Bonchev–Trinajstić information content (AvgIpc) is 2.75. The Morgan fingerprint density at radius 1 is 0.788 bits per heavy atom. The number of hydrogen-bond donors (Lipinski definition) is 0. The van der Waals surface area contributed by atoms with E-state index < -0.39 is 41.7 Å². The fourth-order valence-electron chi connectivity index (χ4n) is 3.42. The predicted molar refractivity (Wildman–Crippen MR) is 118 cm³/mol. The van der Waals surface area contributed by atoms with Crippen LogP contribution in [0.25, 0.3) is 0 Å². The SMILES string of the molecule is CCCCCCCCCCCCOC(=O)CCCC(=O)OCc1c(F)cccc1C(F)(F)F. The molecule has 0 saturated heterocycles. The molecule has 4 nitrogen and oxygen atoms in total. The van der Waals surface area contributed by atoms with E-state index in [2.05, 4.69) is 6.92 Å². The highest BCUT2D eigenvalue weighted by molar-refractivity contribution is 5.72. The number of unbranched alkanes of at least 4 members (excludes halogenated alkanes) is 9. The summed E-state index contributed by atoms with van der Waals surface area (Å²) in [6, 6.07) is 2.56. The first-order chi connectivity index (χ1) is 15.8. The van der Waals surface area contributed by atoms with Crippen molar-refractivity contribution in [2.24, 2.45) is 0 Å². The molecule has 0 heterocycles. The van der Waals surface area contributed by atoms with Crippen molar-refractivity contribution in [1.82, 2.24) is 0 Å². The van der Waals surface area contributed by atoms with Gasteiger partial charge in [-0.3, -0.25) is 9.59 Å². The monoisotopic (exact) mass is 476 g/mol. The number of rotatable bonds is 17. The number of alkyl halides is 3. The molecule has 0 amide bonds. The molecule has 0 aliphatic heterocycles. The zero-order valence-corrected chi connectivity index (χ0v) is 19.5. The lowest BCUT2D eigenvalue weighted by Crippen LogP contribution is -2.14. The molecular weight excluding hydrogens is 440 g/mol. The molecule has 0 bridgehead atoms. The minimum Gasteiger partial charge on any atom is -0.466 e. The summed E-state index contributed by atoms with van der Waals surface area (Å²) in [6.45, 7) is 1.73. The lowest BCUT2D eigenvalue weighted by atomic mass is 10.1. The molecule has 0 unspecified atom stereocenters. The van der Waals surface area contributed by atoms with Gasteiger partial charge in [0.05, 0.1) is 12.2 Å². The summed E-state index contributed by atoms with van der Waals surface area (Å²) < 4.78 is 62.5. The number of esters is 2. The van der Waals surface area contributed by atoms with Crippen molar-refractivity contribution >= 4 is 11.9 Å². The maximum Gasteiger partial charge on any atom is 0.416 e. The predicted octanol–water partition coefficient (Wildman–Crippen LogP) is 7.52. The number of halogens is 4. The van der Waals surface area contributed by atoms with E-state index in [1.54, 1.807) is 0 Å². The van der Waals surface area contributed by atoms with Crippen molar-refractivity contribution in [1.29, 1.82) is 0 Å². The Morgan fingerprint density at radius 3 is 1.91 bits per heavy atom. The maximum absolute atomic E-state index is 13.7. The summed E-state index contributed by atoms with van der Waals surface area (Å²) in [5.74, 6) is -2.31. The molecule has 188 valence electrons. The Bertz CT molecular complexity index is 704. The number of benzene rings is 1. The van der Waals surface area contributed by atoms with Crippen LogP contribution in [0, 0.1) is 5.82 Å².